The van der Waals surface area contributed by atoms with E-state index in [9.17, 15) is 18.0 Å². The number of carbonyl (C=O) groups excluding carboxylic acids is 2. The Hall–Kier alpha value is -2.74. The van der Waals surface area contributed by atoms with Gasteiger partial charge in [-0.05, 0) is 73.9 Å². The van der Waals surface area contributed by atoms with E-state index in [2.05, 4.69) is 10.3 Å². The molecule has 1 saturated heterocycles. The fourth-order valence-electron chi connectivity index (χ4n) is 4.40. The molecule has 1 aromatic carbocycles. The number of benzene rings is 1. The third-order valence-corrected chi connectivity index (χ3v) is 8.11. The highest BCUT2D eigenvalue weighted by molar-refractivity contribution is 7.91. The van der Waals surface area contributed by atoms with Crippen LogP contribution < -0.4 is 5.32 Å². The normalized spacial score (nSPS) is 16.6. The first-order valence-corrected chi connectivity index (χ1v) is 12.8. The summed E-state index contributed by atoms with van der Waals surface area (Å²) in [6, 6.07) is 9.00. The van der Waals surface area contributed by atoms with Gasteiger partial charge in [0, 0.05) is 31.6 Å². The van der Waals surface area contributed by atoms with Gasteiger partial charge in [-0.2, -0.15) is 0 Å². The van der Waals surface area contributed by atoms with E-state index in [4.69, 9.17) is 0 Å². The minimum atomic E-state index is -3.50. The summed E-state index contributed by atoms with van der Waals surface area (Å²) in [6.07, 6.45) is 5.76. The summed E-state index contributed by atoms with van der Waals surface area (Å²) in [5, 5.41) is 2.83. The molecule has 1 fully saturated rings. The van der Waals surface area contributed by atoms with Crippen molar-refractivity contribution in [3.8, 4) is 0 Å². The predicted octanol–water partition coefficient (Wildman–Crippen LogP) is 2.92. The van der Waals surface area contributed by atoms with Gasteiger partial charge in [-0.15, -0.1) is 0 Å². The van der Waals surface area contributed by atoms with Crippen LogP contribution in [0.4, 0.5) is 5.82 Å². The average Bonchev–Trinajstić information content (AvgIpc) is 3.27. The van der Waals surface area contributed by atoms with Crippen LogP contribution in [0.15, 0.2) is 41.4 Å². The van der Waals surface area contributed by atoms with Crippen molar-refractivity contribution >= 4 is 27.5 Å². The van der Waals surface area contributed by atoms with Crippen molar-refractivity contribution in [3.63, 3.8) is 0 Å². The topological polar surface area (TPSA) is 96.4 Å². The quantitative estimate of drug-likeness (QED) is 0.722. The van der Waals surface area contributed by atoms with Crippen LogP contribution in [-0.2, 0) is 32.3 Å². The summed E-state index contributed by atoms with van der Waals surface area (Å²) in [5.74, 6) is -0.112. The number of piperidine rings is 1. The minimum Gasteiger partial charge on any atom is -0.343 e. The summed E-state index contributed by atoms with van der Waals surface area (Å²) in [7, 11) is -3.50. The zero-order chi connectivity index (χ0) is 22.7. The highest BCUT2D eigenvalue weighted by atomic mass is 32.2. The Bertz CT molecular complexity index is 1100. The molecular weight excluding hydrogens is 426 g/mol. The van der Waals surface area contributed by atoms with Crippen molar-refractivity contribution in [1.82, 2.24) is 9.88 Å². The van der Waals surface area contributed by atoms with Crippen molar-refractivity contribution in [2.24, 2.45) is 5.92 Å². The highest BCUT2D eigenvalue weighted by Crippen LogP contribution is 2.26. The number of nitrogens with one attached hydrogen (secondary N) is 1. The van der Waals surface area contributed by atoms with Crippen LogP contribution in [0.25, 0.3) is 0 Å². The van der Waals surface area contributed by atoms with Gasteiger partial charge in [-0.1, -0.05) is 12.1 Å². The molecule has 0 radical (unpaired) electrons. The van der Waals surface area contributed by atoms with Gasteiger partial charge < -0.3 is 10.2 Å². The Morgan fingerprint density at radius 2 is 1.84 bits per heavy atom. The van der Waals surface area contributed by atoms with Crippen molar-refractivity contribution in [1.29, 1.82) is 0 Å². The Kier molecular flexibility index (Phi) is 6.60. The number of aromatic nitrogens is 1. The molecule has 2 aromatic rings. The molecule has 8 heteroatoms. The van der Waals surface area contributed by atoms with Crippen LogP contribution >= 0.6 is 0 Å². The van der Waals surface area contributed by atoms with Gasteiger partial charge in [-0.25, -0.2) is 13.4 Å². The molecule has 32 heavy (non-hydrogen) atoms. The second-order valence-electron chi connectivity index (χ2n) is 8.72. The van der Waals surface area contributed by atoms with Gasteiger partial charge >= 0.3 is 0 Å². The summed E-state index contributed by atoms with van der Waals surface area (Å²) < 4.78 is 25.5. The lowest BCUT2D eigenvalue weighted by Crippen LogP contribution is -2.42. The Labute approximate surface area is 189 Å². The van der Waals surface area contributed by atoms with Gasteiger partial charge in [-0.3, -0.25) is 9.59 Å². The maximum absolute atomic E-state index is 12.7. The molecule has 0 atom stereocenters. The molecule has 170 valence electrons. The number of anilines is 1. The van der Waals surface area contributed by atoms with Crippen LogP contribution in [0.3, 0.4) is 0 Å². The second-order valence-corrected chi connectivity index (χ2v) is 10.8. The van der Waals surface area contributed by atoms with Crippen molar-refractivity contribution in [3.05, 3.63) is 53.2 Å². The summed E-state index contributed by atoms with van der Waals surface area (Å²) in [5.41, 5.74) is 3.36. The lowest BCUT2D eigenvalue weighted by Gasteiger charge is -2.31. The molecule has 7 nitrogen and oxygen atoms in total. The van der Waals surface area contributed by atoms with Crippen molar-refractivity contribution in [2.75, 3.05) is 24.2 Å². The standard InChI is InChI=1S/C24H29N3O4S/c1-17-5-8-22(25-16-17)26-24(29)19-9-12-27(13-10-19)23(28)11-14-32(30,31)21-7-6-18-3-2-4-20(18)15-21/h5-8,15-16,19H,2-4,9-14H2,1H3,(H,25,26,29). The number of rotatable bonds is 6. The van der Waals surface area contributed by atoms with Crippen LogP contribution in [0.2, 0.25) is 0 Å². The Morgan fingerprint density at radius 1 is 1.09 bits per heavy atom. The number of aryl methyl sites for hydroxylation is 3. The van der Waals surface area contributed by atoms with E-state index in [0.29, 0.717) is 36.6 Å². The van der Waals surface area contributed by atoms with E-state index in [1.165, 1.54) is 5.56 Å². The number of amides is 2. The van der Waals surface area contributed by atoms with Crippen molar-refractivity contribution in [2.45, 2.75) is 50.3 Å². The zero-order valence-electron chi connectivity index (χ0n) is 18.3. The summed E-state index contributed by atoms with van der Waals surface area (Å²) in [4.78, 5) is 31.3. The maximum atomic E-state index is 12.7. The van der Waals surface area contributed by atoms with Crippen LogP contribution in [0, 0.1) is 12.8 Å². The second kappa shape index (κ2) is 9.40. The van der Waals surface area contributed by atoms with Crippen molar-refractivity contribution < 1.29 is 18.0 Å². The zero-order valence-corrected chi connectivity index (χ0v) is 19.2. The Morgan fingerprint density at radius 3 is 2.56 bits per heavy atom. The SMILES string of the molecule is Cc1ccc(NC(=O)C2CCN(C(=O)CCS(=O)(=O)c3ccc4c(c3)CCC4)CC2)nc1. The maximum Gasteiger partial charge on any atom is 0.228 e. The van der Waals surface area contributed by atoms with Gasteiger partial charge in [0.1, 0.15) is 5.82 Å². The fourth-order valence-corrected chi connectivity index (χ4v) is 5.68. The molecule has 1 N–H and O–H groups in total. The van der Waals surface area contributed by atoms with E-state index in [1.54, 1.807) is 29.3 Å². The van der Waals surface area contributed by atoms with Crippen LogP contribution in [-0.4, -0.2) is 49.0 Å². The molecule has 1 aliphatic carbocycles. The van der Waals surface area contributed by atoms with E-state index in [0.717, 1.165) is 30.4 Å². The average molecular weight is 456 g/mol. The molecule has 4 rings (SSSR count). The number of hydrogen-bond donors (Lipinski definition) is 1. The van der Waals surface area contributed by atoms with Gasteiger partial charge in [0.25, 0.3) is 0 Å². The molecule has 0 bridgehead atoms. The van der Waals surface area contributed by atoms with Crippen LogP contribution in [0.1, 0.15) is 42.4 Å². The molecule has 1 aromatic heterocycles. The van der Waals surface area contributed by atoms with Gasteiger partial charge in [0.15, 0.2) is 9.84 Å². The van der Waals surface area contributed by atoms with E-state index in [-0.39, 0.29) is 29.9 Å². The number of likely N-dealkylation sites (tertiary alicyclic amines) is 1. The first-order valence-electron chi connectivity index (χ1n) is 11.2. The van der Waals surface area contributed by atoms with Gasteiger partial charge in [0.05, 0.1) is 10.6 Å². The number of sulfone groups is 1. The third kappa shape index (κ3) is 5.18. The largest absolute Gasteiger partial charge is 0.343 e. The highest BCUT2D eigenvalue weighted by Gasteiger charge is 2.28. The number of nitrogens with zero attached hydrogens (tertiary/aromatic N) is 2. The van der Waals surface area contributed by atoms with Crippen LogP contribution in [0.5, 0.6) is 0 Å². The summed E-state index contributed by atoms with van der Waals surface area (Å²) in [6.45, 7) is 2.84. The molecular formula is C24H29N3O4S. The first kappa shape index (κ1) is 22.5. The third-order valence-electron chi connectivity index (χ3n) is 6.39. The number of pyridine rings is 1. The predicted molar refractivity (Wildman–Crippen MR) is 122 cm³/mol. The molecule has 2 amide bonds. The first-order chi connectivity index (χ1) is 15.3. The molecule has 2 aliphatic rings. The van der Waals surface area contributed by atoms with E-state index < -0.39 is 9.84 Å². The molecule has 0 unspecified atom stereocenters. The number of carbonyl (C=O) groups is 2. The van der Waals surface area contributed by atoms with Gasteiger partial charge in [0.2, 0.25) is 11.8 Å². The van der Waals surface area contributed by atoms with E-state index >= 15 is 0 Å². The molecule has 0 spiro atoms. The summed E-state index contributed by atoms with van der Waals surface area (Å²) >= 11 is 0. The monoisotopic (exact) mass is 455 g/mol. The number of fused-ring (bicyclic) bond motifs is 1. The lowest BCUT2D eigenvalue weighted by molar-refractivity contribution is -0.134. The molecule has 2 heterocycles. The fraction of sp³-hybridized carbons (Fsp3) is 0.458. The lowest BCUT2D eigenvalue weighted by atomic mass is 9.95. The molecule has 1 aliphatic heterocycles. The minimum absolute atomic E-state index is 0.0381. The smallest absolute Gasteiger partial charge is 0.228 e. The number of hydrogen-bond acceptors (Lipinski definition) is 5. The molecule has 0 saturated carbocycles. The Balaban J connectivity index is 1.26. The van der Waals surface area contributed by atoms with E-state index in [1.807, 2.05) is 19.1 Å².